The summed E-state index contributed by atoms with van der Waals surface area (Å²) in [5.41, 5.74) is 0.346. The zero-order valence-electron chi connectivity index (χ0n) is 15.8. The van der Waals surface area contributed by atoms with Gasteiger partial charge in [0.2, 0.25) is 17.7 Å². The second-order valence-electron chi connectivity index (χ2n) is 7.67. The van der Waals surface area contributed by atoms with Crippen LogP contribution in [0.15, 0.2) is 12.1 Å². The van der Waals surface area contributed by atoms with Gasteiger partial charge in [-0.05, 0) is 25.5 Å². The summed E-state index contributed by atoms with van der Waals surface area (Å²) in [4.78, 5) is 40.6. The molecule has 0 bridgehead atoms. The lowest BCUT2D eigenvalue weighted by molar-refractivity contribution is -0.143. The molecule has 8 nitrogen and oxygen atoms in total. The Morgan fingerprint density at radius 1 is 1.32 bits per heavy atom. The van der Waals surface area contributed by atoms with E-state index in [9.17, 15) is 19.5 Å². The van der Waals surface area contributed by atoms with Gasteiger partial charge >= 0.3 is 0 Å². The number of aliphatic hydroxyl groups excluding tert-OH is 1. The molecule has 1 spiro atoms. The number of imide groups is 1. The highest BCUT2D eigenvalue weighted by Crippen LogP contribution is 2.54. The van der Waals surface area contributed by atoms with Gasteiger partial charge in [0.15, 0.2) is 0 Å². The molecule has 150 valence electrons. The van der Waals surface area contributed by atoms with E-state index in [1.807, 2.05) is 6.92 Å². The number of nitrogens with zero attached hydrogens (tertiary/aromatic N) is 1. The number of aryl methyl sites for hydroxylation is 1. The van der Waals surface area contributed by atoms with Crippen LogP contribution < -0.4 is 10.6 Å². The Hall–Kier alpha value is -2.00. The molecular formula is C19H22ClN3O5. The SMILES string of the molecule is COCCN1C(=O)[C@@H]2[C@@H]([C@H](C)O)N[C@]3(C(=O)Nc4c(Cl)cc(C)cc43)[C@@H]2C1=O. The molecule has 0 saturated carbocycles. The number of carbonyl (C=O) groups is 3. The summed E-state index contributed by atoms with van der Waals surface area (Å²) < 4.78 is 5.01. The molecule has 3 amide bonds. The van der Waals surface area contributed by atoms with Gasteiger partial charge in [-0.15, -0.1) is 0 Å². The molecule has 0 aromatic heterocycles. The number of benzene rings is 1. The summed E-state index contributed by atoms with van der Waals surface area (Å²) in [6, 6.07) is 2.78. The molecular weight excluding hydrogens is 386 g/mol. The van der Waals surface area contributed by atoms with Gasteiger partial charge in [-0.2, -0.15) is 0 Å². The second kappa shape index (κ2) is 6.52. The zero-order chi connectivity index (χ0) is 20.4. The Morgan fingerprint density at radius 3 is 2.68 bits per heavy atom. The first kappa shape index (κ1) is 19.3. The van der Waals surface area contributed by atoms with Crippen molar-refractivity contribution in [2.45, 2.75) is 31.5 Å². The van der Waals surface area contributed by atoms with E-state index in [4.69, 9.17) is 16.3 Å². The smallest absolute Gasteiger partial charge is 0.250 e. The number of anilines is 1. The van der Waals surface area contributed by atoms with Crippen LogP contribution in [-0.4, -0.2) is 60.1 Å². The molecule has 3 N–H and O–H groups in total. The van der Waals surface area contributed by atoms with Crippen molar-refractivity contribution >= 4 is 35.0 Å². The number of nitrogens with one attached hydrogen (secondary N) is 2. The Kier molecular flexibility index (Phi) is 4.50. The van der Waals surface area contributed by atoms with Crippen molar-refractivity contribution in [1.29, 1.82) is 0 Å². The minimum absolute atomic E-state index is 0.104. The van der Waals surface area contributed by atoms with Crippen LogP contribution in [0.25, 0.3) is 0 Å². The van der Waals surface area contributed by atoms with Crippen molar-refractivity contribution in [3.05, 3.63) is 28.3 Å². The predicted molar refractivity (Wildman–Crippen MR) is 101 cm³/mol. The highest BCUT2D eigenvalue weighted by molar-refractivity contribution is 6.35. The zero-order valence-corrected chi connectivity index (χ0v) is 16.5. The fraction of sp³-hybridized carbons (Fsp3) is 0.526. The van der Waals surface area contributed by atoms with Crippen LogP contribution >= 0.6 is 11.6 Å². The van der Waals surface area contributed by atoms with Crippen LogP contribution in [0.5, 0.6) is 0 Å². The average Bonchev–Trinajstić information content (AvgIpc) is 3.21. The molecule has 3 aliphatic rings. The van der Waals surface area contributed by atoms with Crippen LogP contribution in [0.2, 0.25) is 5.02 Å². The Morgan fingerprint density at radius 2 is 2.04 bits per heavy atom. The lowest BCUT2D eigenvalue weighted by Gasteiger charge is -2.30. The topological polar surface area (TPSA) is 108 Å². The largest absolute Gasteiger partial charge is 0.392 e. The molecule has 0 aliphatic carbocycles. The fourth-order valence-corrected chi connectivity index (χ4v) is 5.12. The summed E-state index contributed by atoms with van der Waals surface area (Å²) in [6.45, 7) is 3.69. The molecule has 3 heterocycles. The number of likely N-dealkylation sites (tertiary alicyclic amines) is 1. The number of hydrogen-bond acceptors (Lipinski definition) is 6. The van der Waals surface area contributed by atoms with E-state index in [2.05, 4.69) is 10.6 Å². The molecule has 1 aromatic rings. The van der Waals surface area contributed by atoms with Gasteiger partial charge in [-0.1, -0.05) is 17.7 Å². The third-order valence-electron chi connectivity index (χ3n) is 5.98. The van der Waals surface area contributed by atoms with E-state index in [1.54, 1.807) is 19.1 Å². The van der Waals surface area contributed by atoms with E-state index in [1.165, 1.54) is 7.11 Å². The van der Waals surface area contributed by atoms with E-state index < -0.39 is 47.2 Å². The lowest BCUT2D eigenvalue weighted by atomic mass is 9.76. The summed E-state index contributed by atoms with van der Waals surface area (Å²) in [7, 11) is 1.49. The van der Waals surface area contributed by atoms with Crippen molar-refractivity contribution < 1.29 is 24.2 Å². The first-order valence-corrected chi connectivity index (χ1v) is 9.53. The van der Waals surface area contributed by atoms with Crippen LogP contribution in [0.4, 0.5) is 5.69 Å². The van der Waals surface area contributed by atoms with Crippen molar-refractivity contribution in [3.63, 3.8) is 0 Å². The number of fused-ring (bicyclic) bond motifs is 4. The van der Waals surface area contributed by atoms with Gasteiger partial charge in [0.05, 0.1) is 41.8 Å². The van der Waals surface area contributed by atoms with Gasteiger partial charge in [-0.3, -0.25) is 24.6 Å². The maximum Gasteiger partial charge on any atom is 0.250 e. The minimum Gasteiger partial charge on any atom is -0.392 e. The van der Waals surface area contributed by atoms with Gasteiger partial charge in [0.1, 0.15) is 5.54 Å². The number of carbonyl (C=O) groups excluding carboxylic acids is 3. The highest BCUT2D eigenvalue weighted by Gasteiger charge is 2.71. The summed E-state index contributed by atoms with van der Waals surface area (Å²) >= 11 is 6.34. The van der Waals surface area contributed by atoms with Crippen molar-refractivity contribution in [2.24, 2.45) is 11.8 Å². The molecule has 2 fully saturated rings. The maximum absolute atomic E-state index is 13.3. The minimum atomic E-state index is -1.45. The van der Waals surface area contributed by atoms with Crippen molar-refractivity contribution in [3.8, 4) is 0 Å². The molecule has 0 unspecified atom stereocenters. The third-order valence-corrected chi connectivity index (χ3v) is 6.28. The van der Waals surface area contributed by atoms with E-state index in [0.717, 1.165) is 10.5 Å². The average molecular weight is 408 g/mol. The lowest BCUT2D eigenvalue weighted by Crippen LogP contribution is -2.55. The number of ether oxygens (including phenoxy) is 1. The van der Waals surface area contributed by atoms with Crippen LogP contribution in [0, 0.1) is 18.8 Å². The van der Waals surface area contributed by atoms with Gasteiger partial charge < -0.3 is 15.2 Å². The number of amides is 3. The maximum atomic E-state index is 13.3. The second-order valence-corrected chi connectivity index (χ2v) is 8.07. The van der Waals surface area contributed by atoms with Crippen LogP contribution in [0.3, 0.4) is 0 Å². The molecule has 0 radical (unpaired) electrons. The summed E-state index contributed by atoms with van der Waals surface area (Å²) in [6.07, 6.45) is -0.942. The summed E-state index contributed by atoms with van der Waals surface area (Å²) in [5.74, 6) is -3.09. The number of methoxy groups -OCH3 is 1. The van der Waals surface area contributed by atoms with Gasteiger partial charge in [-0.25, -0.2) is 0 Å². The van der Waals surface area contributed by atoms with Crippen molar-refractivity contribution in [1.82, 2.24) is 10.2 Å². The molecule has 1 aromatic carbocycles. The van der Waals surface area contributed by atoms with Crippen LogP contribution in [-0.2, 0) is 24.7 Å². The molecule has 9 heteroatoms. The normalized spacial score (nSPS) is 32.1. The molecule has 2 saturated heterocycles. The van der Waals surface area contributed by atoms with E-state index in [0.29, 0.717) is 16.3 Å². The summed E-state index contributed by atoms with van der Waals surface area (Å²) in [5, 5.41) is 16.6. The highest BCUT2D eigenvalue weighted by atomic mass is 35.5. The number of rotatable bonds is 4. The standard InChI is InChI=1S/C19H22ClN3O5/c1-8-6-10-15(11(20)7-8)21-18(27)19(10)13-12(14(22-19)9(2)24)16(25)23(17(13)26)4-5-28-3/h6-7,9,12-14,22,24H,4-5H2,1-3H3,(H,21,27)/t9-,12-,13-,14+,19-/m0/s1. The number of hydrogen-bond donors (Lipinski definition) is 3. The van der Waals surface area contributed by atoms with Gasteiger partial charge in [0, 0.05) is 18.7 Å². The molecule has 3 aliphatic heterocycles. The Bertz CT molecular complexity index is 889. The fourth-order valence-electron chi connectivity index (χ4n) is 4.80. The predicted octanol–water partition coefficient (Wildman–Crippen LogP) is 0.396. The molecule has 28 heavy (non-hydrogen) atoms. The third kappa shape index (κ3) is 2.38. The van der Waals surface area contributed by atoms with Crippen LogP contribution in [0.1, 0.15) is 18.1 Å². The Balaban J connectivity index is 1.89. The first-order valence-electron chi connectivity index (χ1n) is 9.16. The van der Waals surface area contributed by atoms with E-state index >= 15 is 0 Å². The van der Waals surface area contributed by atoms with E-state index in [-0.39, 0.29) is 13.2 Å². The monoisotopic (exact) mass is 407 g/mol. The molecule has 4 rings (SSSR count). The first-order chi connectivity index (χ1) is 13.2. The molecule has 5 atom stereocenters. The van der Waals surface area contributed by atoms with Gasteiger partial charge in [0.25, 0.3) is 0 Å². The Labute approximate surface area is 167 Å². The van der Waals surface area contributed by atoms with Crippen molar-refractivity contribution in [2.75, 3.05) is 25.6 Å². The quantitative estimate of drug-likeness (QED) is 0.623. The number of halogens is 1. The number of aliphatic hydroxyl groups is 1.